The number of anilines is 1. The first-order valence-electron chi connectivity index (χ1n) is 5.79. The fourth-order valence-electron chi connectivity index (χ4n) is 1.64. The van der Waals surface area contributed by atoms with E-state index in [1.54, 1.807) is 0 Å². The molecule has 0 bridgehead atoms. The second-order valence-electron chi connectivity index (χ2n) is 3.81. The van der Waals surface area contributed by atoms with Gasteiger partial charge in [0.25, 0.3) is 12.0 Å². The van der Waals surface area contributed by atoms with E-state index in [9.17, 15) is 13.6 Å². The lowest BCUT2D eigenvalue weighted by Gasteiger charge is -2.22. The molecule has 0 aliphatic heterocycles. The largest absolute Gasteiger partial charge is 0.395 e. The molecule has 1 aromatic heterocycles. The van der Waals surface area contributed by atoms with E-state index in [0.29, 0.717) is 6.54 Å². The summed E-state index contributed by atoms with van der Waals surface area (Å²) in [5.74, 6) is -0.0414. The number of rotatable bonds is 7. The number of aliphatic hydroxyl groups is 1. The quantitative estimate of drug-likeness (QED) is 0.785. The van der Waals surface area contributed by atoms with E-state index in [1.807, 2.05) is 6.92 Å². The van der Waals surface area contributed by atoms with Crippen LogP contribution in [0.25, 0.3) is 0 Å². The first-order valence-corrected chi connectivity index (χ1v) is 5.79. The predicted molar refractivity (Wildman–Crippen MR) is 64.1 cm³/mol. The molecule has 0 atom stereocenters. The van der Waals surface area contributed by atoms with Crippen LogP contribution in [0.1, 0.15) is 13.3 Å². The Bertz CT molecular complexity index is 423. The zero-order chi connectivity index (χ0) is 13.5. The number of halogens is 2. The summed E-state index contributed by atoms with van der Waals surface area (Å²) in [5.41, 5.74) is -0.409. The van der Waals surface area contributed by atoms with Crippen molar-refractivity contribution in [3.63, 3.8) is 0 Å². The molecule has 1 heterocycles. The Morgan fingerprint density at radius 3 is 2.83 bits per heavy atom. The lowest BCUT2D eigenvalue weighted by atomic mass is 10.4. The van der Waals surface area contributed by atoms with Crippen LogP contribution in [0.15, 0.2) is 17.2 Å². The molecule has 0 unspecified atom stereocenters. The average molecular weight is 261 g/mol. The summed E-state index contributed by atoms with van der Waals surface area (Å²) in [6.07, 6.45) is 1.10. The first-order chi connectivity index (χ1) is 8.60. The highest BCUT2D eigenvalue weighted by atomic mass is 19.3. The number of alkyl halides is 2. The topological polar surface area (TPSA) is 58.4 Å². The van der Waals surface area contributed by atoms with Crippen LogP contribution in [-0.2, 0) is 6.54 Å². The van der Waals surface area contributed by atoms with Gasteiger partial charge in [-0.15, -0.1) is 0 Å². The van der Waals surface area contributed by atoms with Crippen molar-refractivity contribution in [1.29, 1.82) is 0 Å². The number of aryl methyl sites for hydroxylation is 1. The minimum atomic E-state index is -2.59. The molecule has 0 aliphatic carbocycles. The molecule has 0 fully saturated rings. The lowest BCUT2D eigenvalue weighted by Crippen LogP contribution is -2.38. The SMILES string of the molecule is CCCn1ccnc(N(CCO)CC(F)F)c1=O. The predicted octanol–water partition coefficient (Wildman–Crippen LogP) is 0.717. The van der Waals surface area contributed by atoms with E-state index in [2.05, 4.69) is 4.98 Å². The second kappa shape index (κ2) is 7.05. The summed E-state index contributed by atoms with van der Waals surface area (Å²) in [7, 11) is 0. The molecule has 18 heavy (non-hydrogen) atoms. The van der Waals surface area contributed by atoms with Crippen molar-refractivity contribution >= 4 is 5.82 Å². The number of aliphatic hydroxyl groups excluding tert-OH is 1. The van der Waals surface area contributed by atoms with Gasteiger partial charge in [0.05, 0.1) is 13.2 Å². The number of nitrogens with zero attached hydrogens (tertiary/aromatic N) is 3. The van der Waals surface area contributed by atoms with Gasteiger partial charge in [-0.2, -0.15) is 0 Å². The van der Waals surface area contributed by atoms with E-state index in [0.717, 1.165) is 11.3 Å². The van der Waals surface area contributed by atoms with Crippen LogP contribution in [0.3, 0.4) is 0 Å². The Labute approximate surface area is 104 Å². The van der Waals surface area contributed by atoms with Crippen molar-refractivity contribution in [2.75, 3.05) is 24.6 Å². The number of hydrogen-bond acceptors (Lipinski definition) is 4. The standard InChI is InChI=1S/C11H17F2N3O2/c1-2-4-15-5-3-14-10(11(15)18)16(6-7-17)8-9(12)13/h3,5,9,17H,2,4,6-8H2,1H3. The molecule has 0 saturated carbocycles. The summed E-state index contributed by atoms with van der Waals surface area (Å²) >= 11 is 0. The Kier molecular flexibility index (Phi) is 5.70. The first kappa shape index (κ1) is 14.6. The fourth-order valence-corrected chi connectivity index (χ4v) is 1.64. The highest BCUT2D eigenvalue weighted by molar-refractivity contribution is 5.35. The zero-order valence-corrected chi connectivity index (χ0v) is 10.2. The van der Waals surface area contributed by atoms with Gasteiger partial charge in [0.1, 0.15) is 0 Å². The Balaban J connectivity index is 3.03. The Hall–Kier alpha value is -1.50. The van der Waals surface area contributed by atoms with Crippen molar-refractivity contribution in [2.45, 2.75) is 26.3 Å². The van der Waals surface area contributed by atoms with Gasteiger partial charge in [-0.1, -0.05) is 6.92 Å². The van der Waals surface area contributed by atoms with E-state index in [-0.39, 0.29) is 19.0 Å². The maximum atomic E-state index is 12.4. The van der Waals surface area contributed by atoms with Gasteiger partial charge in [0.15, 0.2) is 5.82 Å². The molecule has 5 nitrogen and oxygen atoms in total. The Morgan fingerprint density at radius 2 is 2.28 bits per heavy atom. The third kappa shape index (κ3) is 3.76. The summed E-state index contributed by atoms with van der Waals surface area (Å²) in [4.78, 5) is 16.9. The van der Waals surface area contributed by atoms with Crippen molar-refractivity contribution in [3.8, 4) is 0 Å². The minimum Gasteiger partial charge on any atom is -0.395 e. The van der Waals surface area contributed by atoms with Crippen molar-refractivity contribution < 1.29 is 13.9 Å². The molecule has 0 aliphatic rings. The van der Waals surface area contributed by atoms with Gasteiger partial charge in [-0.25, -0.2) is 13.8 Å². The van der Waals surface area contributed by atoms with Crippen LogP contribution < -0.4 is 10.5 Å². The van der Waals surface area contributed by atoms with Crippen LogP contribution in [0.2, 0.25) is 0 Å². The van der Waals surface area contributed by atoms with Crippen LogP contribution in [-0.4, -0.2) is 40.8 Å². The number of aromatic nitrogens is 2. The molecule has 7 heteroatoms. The smallest absolute Gasteiger partial charge is 0.293 e. The van der Waals surface area contributed by atoms with Gasteiger partial charge in [0.2, 0.25) is 0 Å². The highest BCUT2D eigenvalue weighted by Gasteiger charge is 2.17. The lowest BCUT2D eigenvalue weighted by molar-refractivity contribution is 0.152. The van der Waals surface area contributed by atoms with Crippen LogP contribution in [0, 0.1) is 0 Å². The fraction of sp³-hybridized carbons (Fsp3) is 0.636. The van der Waals surface area contributed by atoms with Crippen LogP contribution in [0.4, 0.5) is 14.6 Å². The molecule has 1 N–H and O–H groups in total. The van der Waals surface area contributed by atoms with Gasteiger partial charge in [0, 0.05) is 25.5 Å². The monoisotopic (exact) mass is 261 g/mol. The molecule has 0 spiro atoms. The van der Waals surface area contributed by atoms with Gasteiger partial charge in [-0.05, 0) is 6.42 Å². The molecule has 1 rings (SSSR count). The molecular weight excluding hydrogens is 244 g/mol. The van der Waals surface area contributed by atoms with Crippen LogP contribution >= 0.6 is 0 Å². The second-order valence-corrected chi connectivity index (χ2v) is 3.81. The maximum absolute atomic E-state index is 12.4. The third-order valence-corrected chi connectivity index (χ3v) is 2.39. The van der Waals surface area contributed by atoms with Crippen molar-refractivity contribution in [1.82, 2.24) is 9.55 Å². The van der Waals surface area contributed by atoms with E-state index in [1.165, 1.54) is 17.0 Å². The summed E-state index contributed by atoms with van der Waals surface area (Å²) in [6, 6.07) is 0. The van der Waals surface area contributed by atoms with Crippen molar-refractivity contribution in [3.05, 3.63) is 22.7 Å². The molecule has 0 amide bonds. The van der Waals surface area contributed by atoms with Gasteiger partial charge in [-0.3, -0.25) is 4.79 Å². The molecule has 0 aromatic carbocycles. The molecule has 0 saturated heterocycles. The average Bonchev–Trinajstić information content (AvgIpc) is 2.31. The van der Waals surface area contributed by atoms with Gasteiger partial charge < -0.3 is 14.6 Å². The summed E-state index contributed by atoms with van der Waals surface area (Å²) < 4.78 is 26.3. The highest BCUT2D eigenvalue weighted by Crippen LogP contribution is 2.06. The van der Waals surface area contributed by atoms with E-state index < -0.39 is 18.5 Å². The van der Waals surface area contributed by atoms with E-state index in [4.69, 9.17) is 5.11 Å². The van der Waals surface area contributed by atoms with Gasteiger partial charge >= 0.3 is 0 Å². The zero-order valence-electron chi connectivity index (χ0n) is 10.2. The molecular formula is C11H17F2N3O2. The molecule has 0 radical (unpaired) electrons. The van der Waals surface area contributed by atoms with E-state index >= 15 is 0 Å². The summed E-state index contributed by atoms with van der Waals surface area (Å²) in [6.45, 7) is 1.46. The normalized spacial score (nSPS) is 10.9. The van der Waals surface area contributed by atoms with Crippen molar-refractivity contribution in [2.24, 2.45) is 0 Å². The van der Waals surface area contributed by atoms with Crippen LogP contribution in [0.5, 0.6) is 0 Å². The summed E-state index contributed by atoms with van der Waals surface area (Å²) in [5, 5.41) is 8.85. The molecule has 1 aromatic rings. The molecule has 102 valence electrons. The Morgan fingerprint density at radius 1 is 1.56 bits per heavy atom. The third-order valence-electron chi connectivity index (χ3n) is 2.39. The maximum Gasteiger partial charge on any atom is 0.293 e. The number of hydrogen-bond donors (Lipinski definition) is 1. The minimum absolute atomic E-state index is 0.0390.